The number of hydrogen-bond acceptors (Lipinski definition) is 3. The molecule has 0 spiro atoms. The monoisotopic (exact) mass is 325 g/mol. The van der Waals surface area contributed by atoms with Crippen molar-refractivity contribution in [1.29, 1.82) is 0 Å². The molecule has 0 aliphatic carbocycles. The topological polar surface area (TPSA) is 86.6 Å². The summed E-state index contributed by atoms with van der Waals surface area (Å²) in [5, 5.41) is 21.3. The Balaban J connectivity index is 2.36. The normalized spacial score (nSPS) is 10.2. The summed E-state index contributed by atoms with van der Waals surface area (Å²) >= 11 is 11.8. The van der Waals surface area contributed by atoms with E-state index in [1.54, 1.807) is 6.07 Å². The van der Waals surface area contributed by atoms with Crippen LogP contribution in [-0.4, -0.2) is 22.1 Å². The molecule has 0 saturated carbocycles. The number of aromatic carboxylic acids is 1. The van der Waals surface area contributed by atoms with Crippen LogP contribution in [0.2, 0.25) is 10.0 Å². The Kier molecular flexibility index (Phi) is 4.35. The molecule has 0 unspecified atom stereocenters. The van der Waals surface area contributed by atoms with E-state index in [0.717, 1.165) is 6.07 Å². The van der Waals surface area contributed by atoms with E-state index in [2.05, 4.69) is 5.32 Å². The van der Waals surface area contributed by atoms with Crippen LogP contribution in [0.15, 0.2) is 36.4 Å². The van der Waals surface area contributed by atoms with Crippen molar-refractivity contribution in [3.8, 4) is 5.75 Å². The Hall–Kier alpha value is -2.24. The Morgan fingerprint density at radius 1 is 1.05 bits per heavy atom. The van der Waals surface area contributed by atoms with Gasteiger partial charge in [0.1, 0.15) is 5.75 Å². The van der Waals surface area contributed by atoms with Gasteiger partial charge in [0.15, 0.2) is 0 Å². The Morgan fingerprint density at radius 3 is 2.24 bits per heavy atom. The fraction of sp³-hybridized carbons (Fsp3) is 0. The Labute approximate surface area is 129 Å². The number of aromatic hydroxyl groups is 1. The van der Waals surface area contributed by atoms with Gasteiger partial charge in [0.25, 0.3) is 5.91 Å². The molecule has 0 heterocycles. The molecule has 108 valence electrons. The maximum absolute atomic E-state index is 12.2. The van der Waals surface area contributed by atoms with E-state index in [1.807, 2.05) is 0 Å². The molecule has 0 bridgehead atoms. The van der Waals surface area contributed by atoms with Crippen LogP contribution < -0.4 is 5.32 Å². The maximum atomic E-state index is 12.2. The van der Waals surface area contributed by atoms with Gasteiger partial charge in [-0.05, 0) is 30.3 Å². The highest BCUT2D eigenvalue weighted by atomic mass is 35.5. The summed E-state index contributed by atoms with van der Waals surface area (Å²) in [5.74, 6) is -2.10. The predicted molar refractivity (Wildman–Crippen MR) is 79.5 cm³/mol. The van der Waals surface area contributed by atoms with Crippen molar-refractivity contribution in [3.63, 3.8) is 0 Å². The standard InChI is InChI=1S/C14H9Cl2NO4/c15-8-2-1-3-9(16)12(8)13(19)17-10-6-7(14(20)21)4-5-11(10)18/h1-6,18H,(H,17,19)(H,20,21). The van der Waals surface area contributed by atoms with Gasteiger partial charge in [-0.2, -0.15) is 0 Å². The minimum Gasteiger partial charge on any atom is -0.506 e. The fourth-order valence-corrected chi connectivity index (χ4v) is 2.24. The molecule has 0 aliphatic rings. The lowest BCUT2D eigenvalue weighted by atomic mass is 10.1. The molecule has 0 atom stereocenters. The van der Waals surface area contributed by atoms with Crippen LogP contribution in [0.5, 0.6) is 5.75 Å². The molecule has 2 rings (SSSR count). The molecule has 0 fully saturated rings. The molecule has 2 aromatic carbocycles. The van der Waals surface area contributed by atoms with Gasteiger partial charge < -0.3 is 15.5 Å². The van der Waals surface area contributed by atoms with Crippen LogP contribution in [0.4, 0.5) is 5.69 Å². The molecule has 0 aliphatic heterocycles. The van der Waals surface area contributed by atoms with Crippen LogP contribution in [0, 0.1) is 0 Å². The van der Waals surface area contributed by atoms with Gasteiger partial charge in [-0.1, -0.05) is 29.3 Å². The number of phenols is 1. The van der Waals surface area contributed by atoms with Gasteiger partial charge in [-0.25, -0.2) is 4.79 Å². The van der Waals surface area contributed by atoms with Crippen molar-refractivity contribution in [2.75, 3.05) is 5.32 Å². The van der Waals surface area contributed by atoms with Crippen molar-refractivity contribution in [3.05, 3.63) is 57.6 Å². The summed E-state index contributed by atoms with van der Waals surface area (Å²) in [7, 11) is 0. The second kappa shape index (κ2) is 6.03. The number of nitrogens with one attached hydrogen (secondary N) is 1. The van der Waals surface area contributed by atoms with Gasteiger partial charge in [-0.15, -0.1) is 0 Å². The van der Waals surface area contributed by atoms with E-state index in [1.165, 1.54) is 24.3 Å². The molecule has 21 heavy (non-hydrogen) atoms. The third kappa shape index (κ3) is 3.26. The third-order valence-electron chi connectivity index (χ3n) is 2.68. The van der Waals surface area contributed by atoms with Crippen LogP contribution in [0.1, 0.15) is 20.7 Å². The van der Waals surface area contributed by atoms with Crippen LogP contribution in [0.3, 0.4) is 0 Å². The molecule has 7 heteroatoms. The molecule has 3 N–H and O–H groups in total. The Bertz CT molecular complexity index is 711. The number of halogens is 2. The lowest BCUT2D eigenvalue weighted by Crippen LogP contribution is -2.13. The zero-order valence-corrected chi connectivity index (χ0v) is 11.9. The quantitative estimate of drug-likeness (QED) is 0.752. The molecular weight excluding hydrogens is 317 g/mol. The predicted octanol–water partition coefficient (Wildman–Crippen LogP) is 3.65. The van der Waals surface area contributed by atoms with Crippen molar-refractivity contribution in [2.24, 2.45) is 0 Å². The third-order valence-corrected chi connectivity index (χ3v) is 3.31. The van der Waals surface area contributed by atoms with E-state index in [0.29, 0.717) is 0 Å². The van der Waals surface area contributed by atoms with Gasteiger partial charge >= 0.3 is 5.97 Å². The van der Waals surface area contributed by atoms with E-state index >= 15 is 0 Å². The Morgan fingerprint density at radius 2 is 1.67 bits per heavy atom. The van der Waals surface area contributed by atoms with Crippen LogP contribution >= 0.6 is 23.2 Å². The second-order valence-corrected chi connectivity index (χ2v) is 4.90. The average Bonchev–Trinajstić information content (AvgIpc) is 2.40. The van der Waals surface area contributed by atoms with Gasteiger partial charge in [-0.3, -0.25) is 4.79 Å². The lowest BCUT2D eigenvalue weighted by Gasteiger charge is -2.10. The molecule has 0 aromatic heterocycles. The second-order valence-electron chi connectivity index (χ2n) is 4.09. The first-order valence-corrected chi connectivity index (χ1v) is 6.47. The minimum absolute atomic E-state index is 0.0426. The number of hydrogen-bond donors (Lipinski definition) is 3. The largest absolute Gasteiger partial charge is 0.506 e. The number of amides is 1. The summed E-state index contributed by atoms with van der Waals surface area (Å²) in [5.41, 5.74) is -0.0785. The highest BCUT2D eigenvalue weighted by Crippen LogP contribution is 2.28. The van der Waals surface area contributed by atoms with Crippen LogP contribution in [0.25, 0.3) is 0 Å². The summed E-state index contributed by atoms with van der Waals surface area (Å²) in [6.45, 7) is 0. The van der Waals surface area contributed by atoms with Crippen molar-refractivity contribution in [2.45, 2.75) is 0 Å². The highest BCUT2D eigenvalue weighted by molar-refractivity contribution is 6.40. The van der Waals surface area contributed by atoms with Crippen molar-refractivity contribution < 1.29 is 19.8 Å². The molecule has 5 nitrogen and oxygen atoms in total. The van der Waals surface area contributed by atoms with Gasteiger partial charge in [0.05, 0.1) is 26.9 Å². The average molecular weight is 326 g/mol. The molecule has 0 saturated heterocycles. The number of phenolic OH excluding ortho intramolecular Hbond substituents is 1. The number of benzene rings is 2. The van der Waals surface area contributed by atoms with E-state index < -0.39 is 11.9 Å². The van der Waals surface area contributed by atoms with Crippen LogP contribution in [-0.2, 0) is 0 Å². The summed E-state index contributed by atoms with van der Waals surface area (Å²) in [4.78, 5) is 23.0. The zero-order chi connectivity index (χ0) is 15.6. The lowest BCUT2D eigenvalue weighted by molar-refractivity contribution is 0.0696. The molecule has 1 amide bonds. The van der Waals surface area contributed by atoms with Crippen molar-refractivity contribution >= 4 is 40.8 Å². The zero-order valence-electron chi connectivity index (χ0n) is 10.4. The first kappa shape index (κ1) is 15.2. The fourth-order valence-electron chi connectivity index (χ4n) is 1.67. The number of rotatable bonds is 3. The molecule has 2 aromatic rings. The first-order chi connectivity index (χ1) is 9.90. The van der Waals surface area contributed by atoms with E-state index in [4.69, 9.17) is 28.3 Å². The number of carboxylic acid groups (broad SMARTS) is 1. The number of carbonyl (C=O) groups excluding carboxylic acids is 1. The highest BCUT2D eigenvalue weighted by Gasteiger charge is 2.17. The van der Waals surface area contributed by atoms with E-state index in [-0.39, 0.29) is 32.6 Å². The number of anilines is 1. The smallest absolute Gasteiger partial charge is 0.335 e. The SMILES string of the molecule is O=C(O)c1ccc(O)c(NC(=O)c2c(Cl)cccc2Cl)c1. The molecule has 0 radical (unpaired) electrons. The van der Waals surface area contributed by atoms with E-state index in [9.17, 15) is 14.7 Å². The summed E-state index contributed by atoms with van der Waals surface area (Å²) in [6, 6.07) is 8.11. The number of carboxylic acids is 1. The molecular formula is C14H9Cl2NO4. The summed E-state index contributed by atoms with van der Waals surface area (Å²) in [6.07, 6.45) is 0. The first-order valence-electron chi connectivity index (χ1n) is 5.72. The van der Waals surface area contributed by atoms with Gasteiger partial charge in [0.2, 0.25) is 0 Å². The minimum atomic E-state index is -1.18. The maximum Gasteiger partial charge on any atom is 0.335 e. The number of carbonyl (C=O) groups is 2. The van der Waals surface area contributed by atoms with Gasteiger partial charge in [0, 0.05) is 0 Å². The summed E-state index contributed by atoms with van der Waals surface area (Å²) < 4.78 is 0. The van der Waals surface area contributed by atoms with Crippen molar-refractivity contribution in [1.82, 2.24) is 0 Å².